The lowest BCUT2D eigenvalue weighted by Crippen LogP contribution is -2.47. The van der Waals surface area contributed by atoms with E-state index in [4.69, 9.17) is 32.5 Å². The van der Waals surface area contributed by atoms with Crippen LogP contribution in [0, 0.1) is 0 Å². The van der Waals surface area contributed by atoms with Crippen molar-refractivity contribution in [3.05, 3.63) is 76.0 Å². The van der Waals surface area contributed by atoms with Gasteiger partial charge in [0.2, 0.25) is 0 Å². The van der Waals surface area contributed by atoms with E-state index in [9.17, 15) is 18.9 Å². The minimum Gasteiger partial charge on any atom is -0.462 e. The van der Waals surface area contributed by atoms with Crippen molar-refractivity contribution in [2.45, 2.75) is 51.8 Å². The van der Waals surface area contributed by atoms with E-state index in [1.165, 1.54) is 18.3 Å². The molecule has 1 aliphatic heterocycles. The predicted octanol–water partition coefficient (Wildman–Crippen LogP) is 5.28. The van der Waals surface area contributed by atoms with Gasteiger partial charge in [-0.25, -0.2) is 14.3 Å². The standard InChI is InChI=1S/C28H33Cl2N6O6P/c1-17(2)41-28(39)18(3)35-43(40,42-20-8-5-4-6-9-20)36-14-12-19(13-15-36)32-27(38)25-23(16-31-34-25)33-26(37)24-21(29)10-7-11-22(24)30/h4-11,16-19H,12-15H2,1-3H3,(H,31,34)(H,32,38)(H,33,37)(H,35,40)/t18-,43?/m0/s1. The van der Waals surface area contributed by atoms with Gasteiger partial charge in [0.1, 0.15) is 17.5 Å². The average Bonchev–Trinajstić information content (AvgIpc) is 3.41. The second-order valence-electron chi connectivity index (χ2n) is 10.2. The molecular formula is C28H33Cl2N6O6P. The maximum atomic E-state index is 14.2. The van der Waals surface area contributed by atoms with Crippen LogP contribution in [-0.4, -0.2) is 63.9 Å². The zero-order valence-corrected chi connectivity index (χ0v) is 26.2. The van der Waals surface area contributed by atoms with Gasteiger partial charge in [0.25, 0.3) is 11.8 Å². The van der Waals surface area contributed by atoms with Crippen molar-refractivity contribution in [3.8, 4) is 5.75 Å². The van der Waals surface area contributed by atoms with Crippen LogP contribution < -0.4 is 20.2 Å². The number of hydrogen-bond donors (Lipinski definition) is 4. The zero-order chi connectivity index (χ0) is 31.1. The first-order chi connectivity index (χ1) is 20.5. The molecule has 2 aromatic carbocycles. The molecule has 15 heteroatoms. The monoisotopic (exact) mass is 650 g/mol. The number of hydrogen-bond acceptors (Lipinski definition) is 7. The number of esters is 1. The van der Waals surface area contributed by atoms with Gasteiger partial charge in [0.05, 0.1) is 33.6 Å². The molecule has 230 valence electrons. The number of nitrogens with zero attached hydrogens (tertiary/aromatic N) is 2. The number of amides is 2. The van der Waals surface area contributed by atoms with Crippen molar-refractivity contribution in [1.82, 2.24) is 25.3 Å². The van der Waals surface area contributed by atoms with Crippen LogP contribution in [0.25, 0.3) is 0 Å². The number of benzene rings is 2. The third kappa shape index (κ3) is 8.36. The van der Waals surface area contributed by atoms with E-state index in [2.05, 4.69) is 25.9 Å². The van der Waals surface area contributed by atoms with E-state index in [1.54, 1.807) is 55.8 Å². The van der Waals surface area contributed by atoms with Gasteiger partial charge in [0.15, 0.2) is 0 Å². The van der Waals surface area contributed by atoms with Gasteiger partial charge in [-0.05, 0) is 57.9 Å². The maximum Gasteiger partial charge on any atom is 0.393 e. The smallest absolute Gasteiger partial charge is 0.393 e. The highest BCUT2D eigenvalue weighted by atomic mass is 35.5. The highest BCUT2D eigenvalue weighted by molar-refractivity contribution is 7.54. The number of aromatic nitrogens is 2. The molecule has 1 aromatic heterocycles. The van der Waals surface area contributed by atoms with Crippen LogP contribution in [0.1, 0.15) is 54.5 Å². The Bertz CT molecular complexity index is 1480. The highest BCUT2D eigenvalue weighted by Gasteiger charge is 2.39. The van der Waals surface area contributed by atoms with Crippen molar-refractivity contribution in [1.29, 1.82) is 0 Å². The van der Waals surface area contributed by atoms with E-state index in [1.807, 2.05) is 6.07 Å². The molecule has 0 aliphatic carbocycles. The molecule has 0 saturated carbocycles. The Kier molecular flexibility index (Phi) is 10.9. The quantitative estimate of drug-likeness (QED) is 0.160. The Morgan fingerprint density at radius 1 is 1.00 bits per heavy atom. The van der Waals surface area contributed by atoms with Crippen molar-refractivity contribution in [3.63, 3.8) is 0 Å². The number of nitrogens with one attached hydrogen (secondary N) is 4. The Labute approximate surface area is 259 Å². The first-order valence-corrected chi connectivity index (χ1v) is 16.0. The number of anilines is 1. The third-order valence-corrected chi connectivity index (χ3v) is 9.46. The van der Waals surface area contributed by atoms with Gasteiger partial charge in [-0.1, -0.05) is 47.5 Å². The summed E-state index contributed by atoms with van der Waals surface area (Å²) in [6.45, 7) is 5.63. The maximum absolute atomic E-state index is 14.2. The van der Waals surface area contributed by atoms with Crippen molar-refractivity contribution >= 4 is 54.3 Å². The van der Waals surface area contributed by atoms with Crippen LogP contribution in [0.15, 0.2) is 54.7 Å². The summed E-state index contributed by atoms with van der Waals surface area (Å²) in [6.07, 6.45) is 1.86. The van der Waals surface area contributed by atoms with E-state index >= 15 is 0 Å². The number of ether oxygens (including phenoxy) is 1. The second-order valence-corrected chi connectivity index (χ2v) is 13.0. The molecule has 1 saturated heterocycles. The van der Waals surface area contributed by atoms with Gasteiger partial charge in [-0.3, -0.25) is 19.5 Å². The third-order valence-electron chi connectivity index (χ3n) is 6.52. The molecule has 0 spiro atoms. The first-order valence-electron chi connectivity index (χ1n) is 13.6. The minimum absolute atomic E-state index is 0.0520. The Morgan fingerprint density at radius 3 is 2.28 bits per heavy atom. The van der Waals surface area contributed by atoms with Crippen LogP contribution in [0.2, 0.25) is 10.0 Å². The summed E-state index contributed by atoms with van der Waals surface area (Å²) in [4.78, 5) is 38.4. The summed E-state index contributed by atoms with van der Waals surface area (Å²) in [5.41, 5.74) is 0.285. The van der Waals surface area contributed by atoms with Gasteiger partial charge in [-0.15, -0.1) is 0 Å². The molecule has 4 N–H and O–H groups in total. The molecular weight excluding hydrogens is 618 g/mol. The van der Waals surface area contributed by atoms with Crippen LogP contribution >= 0.6 is 30.9 Å². The molecule has 12 nitrogen and oxygen atoms in total. The summed E-state index contributed by atoms with van der Waals surface area (Å²) in [5, 5.41) is 15.3. The summed E-state index contributed by atoms with van der Waals surface area (Å²) in [5.74, 6) is -1.24. The summed E-state index contributed by atoms with van der Waals surface area (Å²) >= 11 is 12.3. The number of carbonyl (C=O) groups is 3. The Hall–Kier alpha value is -3.41. The molecule has 1 unspecified atom stereocenters. The van der Waals surface area contributed by atoms with Crippen LogP contribution in [0.5, 0.6) is 5.75 Å². The molecule has 2 heterocycles. The first kappa shape index (κ1) is 32.5. The van der Waals surface area contributed by atoms with Crippen LogP contribution in [0.3, 0.4) is 0 Å². The molecule has 0 radical (unpaired) electrons. The van der Waals surface area contributed by atoms with E-state index in [0.717, 1.165) is 0 Å². The predicted molar refractivity (Wildman–Crippen MR) is 164 cm³/mol. The summed E-state index contributed by atoms with van der Waals surface area (Å²) in [6, 6.07) is 12.2. The van der Waals surface area contributed by atoms with E-state index < -0.39 is 31.5 Å². The fourth-order valence-electron chi connectivity index (χ4n) is 4.41. The molecule has 0 bridgehead atoms. The molecule has 1 aliphatic rings. The lowest BCUT2D eigenvalue weighted by atomic mass is 10.1. The normalized spacial score (nSPS) is 16.2. The van der Waals surface area contributed by atoms with Gasteiger partial charge in [-0.2, -0.15) is 5.10 Å². The Morgan fingerprint density at radius 2 is 1.65 bits per heavy atom. The highest BCUT2D eigenvalue weighted by Crippen LogP contribution is 2.48. The topological polar surface area (TPSA) is 155 Å². The van der Waals surface area contributed by atoms with Gasteiger partial charge >= 0.3 is 13.6 Å². The Balaban J connectivity index is 1.40. The van der Waals surface area contributed by atoms with Crippen molar-refractivity contribution in [2.75, 3.05) is 18.4 Å². The van der Waals surface area contributed by atoms with Crippen LogP contribution in [0.4, 0.5) is 5.69 Å². The fraction of sp³-hybridized carbons (Fsp3) is 0.357. The molecule has 2 amide bonds. The van der Waals surface area contributed by atoms with Gasteiger partial charge < -0.3 is 19.9 Å². The summed E-state index contributed by atoms with van der Waals surface area (Å²) in [7, 11) is -3.76. The molecule has 3 aromatic rings. The number of halogens is 2. The number of carbonyl (C=O) groups excluding carboxylic acids is 3. The molecule has 1 fully saturated rings. The second kappa shape index (κ2) is 14.4. The van der Waals surface area contributed by atoms with Crippen molar-refractivity contribution < 1.29 is 28.2 Å². The minimum atomic E-state index is -3.76. The number of rotatable bonds is 11. The summed E-state index contributed by atoms with van der Waals surface area (Å²) < 4.78 is 27.1. The lowest BCUT2D eigenvalue weighted by Gasteiger charge is -2.37. The van der Waals surface area contributed by atoms with E-state index in [0.29, 0.717) is 31.7 Å². The lowest BCUT2D eigenvalue weighted by molar-refractivity contribution is -0.149. The molecule has 43 heavy (non-hydrogen) atoms. The fourth-order valence-corrected chi connectivity index (χ4v) is 7.07. The largest absolute Gasteiger partial charge is 0.462 e. The zero-order valence-electron chi connectivity index (χ0n) is 23.8. The molecule has 4 rings (SSSR count). The number of piperidine rings is 1. The van der Waals surface area contributed by atoms with Gasteiger partial charge in [0, 0.05) is 19.1 Å². The molecule has 2 atom stereocenters. The number of H-pyrrole nitrogens is 1. The number of para-hydroxylation sites is 1. The van der Waals surface area contributed by atoms with E-state index in [-0.39, 0.29) is 39.1 Å². The van der Waals surface area contributed by atoms with Crippen molar-refractivity contribution in [2.24, 2.45) is 0 Å². The SMILES string of the molecule is CC(C)OC(=O)[C@H](C)NP(=O)(Oc1ccccc1)N1CCC(NC(=O)c2[nH]ncc2NC(=O)c2c(Cl)cccc2Cl)CC1. The average molecular weight is 651 g/mol. The number of aromatic amines is 1. The van der Waals surface area contributed by atoms with Crippen LogP contribution in [-0.2, 0) is 14.1 Å².